The maximum Gasteiger partial charge on any atom is 0.289 e. The van der Waals surface area contributed by atoms with E-state index in [0.29, 0.717) is 12.3 Å². The van der Waals surface area contributed by atoms with Gasteiger partial charge in [-0.25, -0.2) is 9.97 Å². The van der Waals surface area contributed by atoms with Crippen molar-refractivity contribution < 1.29 is 9.21 Å². The maximum atomic E-state index is 12.5. The minimum Gasteiger partial charge on any atom is -0.459 e. The Bertz CT molecular complexity index is 892. The van der Waals surface area contributed by atoms with Gasteiger partial charge in [0, 0.05) is 31.6 Å². The summed E-state index contributed by atoms with van der Waals surface area (Å²) in [6.07, 6.45) is 2.43. The van der Waals surface area contributed by atoms with Gasteiger partial charge in [-0.3, -0.25) is 4.79 Å². The lowest BCUT2D eigenvalue weighted by molar-refractivity contribution is 0.0735. The zero-order chi connectivity index (χ0) is 17.2. The summed E-state index contributed by atoms with van der Waals surface area (Å²) in [5, 5.41) is 1.05. The number of benzene rings is 1. The van der Waals surface area contributed by atoms with Gasteiger partial charge < -0.3 is 14.2 Å². The van der Waals surface area contributed by atoms with Crippen molar-refractivity contribution in [1.82, 2.24) is 14.9 Å². The lowest BCUT2D eigenvalue weighted by Gasteiger charge is -2.23. The fraction of sp³-hybridized carbons (Fsp3) is 0.316. The first-order valence-electron chi connectivity index (χ1n) is 8.53. The highest BCUT2D eigenvalue weighted by Gasteiger charge is 2.23. The van der Waals surface area contributed by atoms with Crippen molar-refractivity contribution >= 4 is 22.6 Å². The van der Waals surface area contributed by atoms with E-state index in [2.05, 4.69) is 20.9 Å². The first-order chi connectivity index (χ1) is 12.2. The van der Waals surface area contributed by atoms with Crippen LogP contribution in [-0.2, 0) is 0 Å². The summed E-state index contributed by atoms with van der Waals surface area (Å²) in [4.78, 5) is 25.8. The Morgan fingerprint density at radius 1 is 1.04 bits per heavy atom. The second kappa shape index (κ2) is 6.55. The van der Waals surface area contributed by atoms with Gasteiger partial charge in [0.1, 0.15) is 11.6 Å². The van der Waals surface area contributed by atoms with E-state index in [1.54, 1.807) is 12.1 Å². The lowest BCUT2D eigenvalue weighted by Crippen LogP contribution is -2.35. The van der Waals surface area contributed by atoms with Crippen LogP contribution in [0.1, 0.15) is 22.8 Å². The number of carbonyl (C=O) groups excluding carboxylic acids is 1. The third kappa shape index (κ3) is 3.07. The van der Waals surface area contributed by atoms with E-state index in [1.165, 1.54) is 6.26 Å². The highest BCUT2D eigenvalue weighted by molar-refractivity contribution is 5.92. The summed E-state index contributed by atoms with van der Waals surface area (Å²) < 4.78 is 5.25. The molecular formula is C19H20N4O2. The monoisotopic (exact) mass is 336 g/mol. The molecule has 6 heteroatoms. The van der Waals surface area contributed by atoms with Crippen LogP contribution in [0.4, 0.5) is 5.82 Å². The van der Waals surface area contributed by atoms with Crippen molar-refractivity contribution in [2.45, 2.75) is 13.3 Å². The van der Waals surface area contributed by atoms with Gasteiger partial charge in [0.15, 0.2) is 5.76 Å². The molecule has 1 saturated heterocycles. The molecule has 0 spiro atoms. The summed E-state index contributed by atoms with van der Waals surface area (Å²) in [5.41, 5.74) is 0.956. The summed E-state index contributed by atoms with van der Waals surface area (Å²) >= 11 is 0. The highest BCUT2D eigenvalue weighted by atomic mass is 16.3. The number of amides is 1. The molecule has 0 unspecified atom stereocenters. The van der Waals surface area contributed by atoms with Crippen molar-refractivity contribution in [3.63, 3.8) is 0 Å². The van der Waals surface area contributed by atoms with Crippen LogP contribution in [0.25, 0.3) is 10.9 Å². The van der Waals surface area contributed by atoms with Crippen LogP contribution in [0.15, 0.2) is 47.1 Å². The number of aryl methyl sites for hydroxylation is 1. The fourth-order valence-corrected chi connectivity index (χ4v) is 3.30. The van der Waals surface area contributed by atoms with E-state index < -0.39 is 0 Å². The second-order valence-electron chi connectivity index (χ2n) is 6.22. The van der Waals surface area contributed by atoms with E-state index in [0.717, 1.165) is 48.6 Å². The summed E-state index contributed by atoms with van der Waals surface area (Å²) in [6.45, 7) is 4.89. The highest BCUT2D eigenvalue weighted by Crippen LogP contribution is 2.25. The molecular weight excluding hydrogens is 316 g/mol. The Balaban J connectivity index is 1.58. The second-order valence-corrected chi connectivity index (χ2v) is 6.22. The Morgan fingerprint density at radius 2 is 1.92 bits per heavy atom. The lowest BCUT2D eigenvalue weighted by atomic mass is 10.2. The van der Waals surface area contributed by atoms with Crippen LogP contribution in [0, 0.1) is 6.92 Å². The number of nitrogens with zero attached hydrogens (tertiary/aromatic N) is 4. The number of hydrogen-bond acceptors (Lipinski definition) is 5. The molecule has 2 aromatic heterocycles. The van der Waals surface area contributed by atoms with Gasteiger partial charge in [-0.2, -0.15) is 0 Å². The Kier molecular flexibility index (Phi) is 4.09. The molecule has 3 aromatic rings. The average molecular weight is 336 g/mol. The molecule has 6 nitrogen and oxygen atoms in total. The summed E-state index contributed by atoms with van der Waals surface area (Å²) in [7, 11) is 0. The van der Waals surface area contributed by atoms with Crippen LogP contribution in [-0.4, -0.2) is 47.0 Å². The van der Waals surface area contributed by atoms with E-state index in [9.17, 15) is 4.79 Å². The third-order valence-corrected chi connectivity index (χ3v) is 4.51. The molecule has 4 rings (SSSR count). The van der Waals surface area contributed by atoms with E-state index in [1.807, 2.05) is 30.0 Å². The smallest absolute Gasteiger partial charge is 0.289 e. The van der Waals surface area contributed by atoms with Gasteiger partial charge in [0.05, 0.1) is 11.8 Å². The maximum absolute atomic E-state index is 12.5. The fourth-order valence-electron chi connectivity index (χ4n) is 3.30. The minimum atomic E-state index is -0.0458. The van der Waals surface area contributed by atoms with E-state index >= 15 is 0 Å². The van der Waals surface area contributed by atoms with Crippen molar-refractivity contribution in [3.05, 3.63) is 54.2 Å². The first kappa shape index (κ1) is 15.6. The van der Waals surface area contributed by atoms with Gasteiger partial charge in [0.25, 0.3) is 5.91 Å². The normalized spacial score (nSPS) is 15.4. The molecule has 0 radical (unpaired) electrons. The molecule has 0 aliphatic carbocycles. The summed E-state index contributed by atoms with van der Waals surface area (Å²) in [5.74, 6) is 2.07. The molecule has 0 N–H and O–H groups in total. The number of hydrogen-bond donors (Lipinski definition) is 0. The van der Waals surface area contributed by atoms with Crippen molar-refractivity contribution in [1.29, 1.82) is 0 Å². The first-order valence-corrected chi connectivity index (χ1v) is 8.53. The van der Waals surface area contributed by atoms with Crippen molar-refractivity contribution in [2.75, 3.05) is 31.1 Å². The van der Waals surface area contributed by atoms with Crippen LogP contribution in [0.3, 0.4) is 0 Å². The molecule has 1 aromatic carbocycles. The van der Waals surface area contributed by atoms with Crippen LogP contribution >= 0.6 is 0 Å². The standard InChI is InChI=1S/C19H20N4O2/c1-14-20-16-7-3-2-6-15(16)18(21-14)22-9-5-10-23(12-11-22)19(24)17-8-4-13-25-17/h2-4,6-8,13H,5,9-12H2,1H3. The molecule has 1 fully saturated rings. The Morgan fingerprint density at radius 3 is 2.76 bits per heavy atom. The van der Waals surface area contributed by atoms with Gasteiger partial charge in [0.2, 0.25) is 0 Å². The molecule has 1 aliphatic heterocycles. The number of carbonyl (C=O) groups is 1. The number of rotatable bonds is 2. The number of anilines is 1. The Labute approximate surface area is 146 Å². The van der Waals surface area contributed by atoms with Crippen molar-refractivity contribution in [3.8, 4) is 0 Å². The van der Waals surface area contributed by atoms with Crippen molar-refractivity contribution in [2.24, 2.45) is 0 Å². The molecule has 128 valence electrons. The molecule has 0 saturated carbocycles. The third-order valence-electron chi connectivity index (χ3n) is 4.51. The number of furan rings is 1. The zero-order valence-electron chi connectivity index (χ0n) is 14.2. The molecule has 0 bridgehead atoms. The van der Waals surface area contributed by atoms with E-state index in [4.69, 9.17) is 4.42 Å². The average Bonchev–Trinajstić information content (AvgIpc) is 3.05. The predicted octanol–water partition coefficient (Wildman–Crippen LogP) is 2.88. The quantitative estimate of drug-likeness (QED) is 0.720. The van der Waals surface area contributed by atoms with Crippen LogP contribution in [0.2, 0.25) is 0 Å². The van der Waals surface area contributed by atoms with Gasteiger partial charge >= 0.3 is 0 Å². The largest absolute Gasteiger partial charge is 0.459 e. The molecule has 25 heavy (non-hydrogen) atoms. The molecule has 0 atom stereocenters. The summed E-state index contributed by atoms with van der Waals surface area (Å²) in [6, 6.07) is 11.5. The topological polar surface area (TPSA) is 62.5 Å². The van der Waals surface area contributed by atoms with Gasteiger partial charge in [-0.15, -0.1) is 0 Å². The Hall–Kier alpha value is -2.89. The van der Waals surface area contributed by atoms with Gasteiger partial charge in [-0.1, -0.05) is 12.1 Å². The minimum absolute atomic E-state index is 0.0458. The molecule has 1 aliphatic rings. The SMILES string of the molecule is Cc1nc(N2CCCN(C(=O)c3ccco3)CC2)c2ccccc2n1. The predicted molar refractivity (Wildman–Crippen MR) is 95.7 cm³/mol. The number of para-hydroxylation sites is 1. The van der Waals surface area contributed by atoms with Gasteiger partial charge in [-0.05, 0) is 37.6 Å². The number of aromatic nitrogens is 2. The molecule has 3 heterocycles. The number of fused-ring (bicyclic) bond motifs is 1. The van der Waals surface area contributed by atoms with Crippen LogP contribution < -0.4 is 4.90 Å². The van der Waals surface area contributed by atoms with E-state index in [-0.39, 0.29) is 5.91 Å². The van der Waals surface area contributed by atoms with Crippen LogP contribution in [0.5, 0.6) is 0 Å². The molecule has 1 amide bonds. The zero-order valence-corrected chi connectivity index (χ0v) is 14.2.